The number of rotatable bonds is 11. The van der Waals surface area contributed by atoms with E-state index in [1.54, 1.807) is 23.5 Å². The molecule has 0 atom stereocenters. The van der Waals surface area contributed by atoms with Gasteiger partial charge in [0.15, 0.2) is 0 Å². The van der Waals surface area contributed by atoms with Crippen molar-refractivity contribution in [1.29, 1.82) is 0 Å². The Morgan fingerprint density at radius 3 is 1.33 bits per heavy atom. The number of hydrogen-bond donors (Lipinski definition) is 2. The zero-order valence-corrected chi connectivity index (χ0v) is 26.2. The lowest BCUT2D eigenvalue weighted by Crippen LogP contribution is -2.03. The minimum absolute atomic E-state index is 0.0901. The van der Waals surface area contributed by atoms with Gasteiger partial charge in [-0.2, -0.15) is 10.2 Å². The van der Waals surface area contributed by atoms with Crippen LogP contribution in [0.15, 0.2) is 164 Å². The zero-order valence-electron chi connectivity index (χ0n) is 24.5. The Bertz CT molecular complexity index is 1920. The molecular formula is C36H28N6O2S2. The summed E-state index contributed by atoms with van der Waals surface area (Å²) in [7, 11) is 0. The summed E-state index contributed by atoms with van der Waals surface area (Å²) in [4.78, 5) is 25.6. The first kappa shape index (κ1) is 30.7. The Hall–Kier alpha value is -5.32. The van der Waals surface area contributed by atoms with Crippen molar-refractivity contribution in [2.24, 2.45) is 20.6 Å². The SMILES string of the molecule is O=N/C(=N\Nc1ccccc1SCCSc1ccccc1N/N=C(/N=O)c1cccc2ccccc12)c1cccc2ccccc12. The summed E-state index contributed by atoms with van der Waals surface area (Å²) in [6.45, 7) is 0. The second-order valence-electron chi connectivity index (χ2n) is 10.0. The van der Waals surface area contributed by atoms with Gasteiger partial charge in [0, 0.05) is 32.4 Å². The second-order valence-corrected chi connectivity index (χ2v) is 12.3. The monoisotopic (exact) mass is 640 g/mol. The molecule has 0 spiro atoms. The van der Waals surface area contributed by atoms with Crippen LogP contribution in [0.25, 0.3) is 21.5 Å². The highest BCUT2D eigenvalue weighted by Crippen LogP contribution is 2.32. The number of amidine groups is 2. The summed E-state index contributed by atoms with van der Waals surface area (Å²) < 4.78 is 0. The maximum atomic E-state index is 11.8. The van der Waals surface area contributed by atoms with Gasteiger partial charge in [0.1, 0.15) is 0 Å². The largest absolute Gasteiger partial charge is 0.275 e. The van der Waals surface area contributed by atoms with E-state index in [2.05, 4.69) is 31.4 Å². The molecule has 6 aromatic carbocycles. The Morgan fingerprint density at radius 2 is 0.870 bits per heavy atom. The molecule has 0 amide bonds. The number of anilines is 2. The molecule has 0 aliphatic carbocycles. The highest BCUT2D eigenvalue weighted by atomic mass is 32.2. The number of nitrogens with zero attached hydrogens (tertiary/aromatic N) is 4. The van der Waals surface area contributed by atoms with Gasteiger partial charge >= 0.3 is 0 Å². The Labute approximate surface area is 274 Å². The van der Waals surface area contributed by atoms with E-state index in [9.17, 15) is 9.81 Å². The number of thioether (sulfide) groups is 2. The first-order valence-electron chi connectivity index (χ1n) is 14.5. The van der Waals surface area contributed by atoms with Crippen molar-refractivity contribution in [3.63, 3.8) is 0 Å². The van der Waals surface area contributed by atoms with Crippen LogP contribution in [0, 0.1) is 9.81 Å². The second kappa shape index (κ2) is 15.1. The number of hydrogen-bond acceptors (Lipinski definition) is 8. The molecule has 226 valence electrons. The van der Waals surface area contributed by atoms with Gasteiger partial charge in [0.2, 0.25) is 11.7 Å². The third-order valence-corrected chi connectivity index (χ3v) is 9.58. The fourth-order valence-electron chi connectivity index (χ4n) is 5.00. The molecule has 0 heterocycles. The van der Waals surface area contributed by atoms with E-state index in [0.29, 0.717) is 11.1 Å². The van der Waals surface area contributed by atoms with Crippen molar-refractivity contribution < 1.29 is 0 Å². The molecule has 0 aromatic heterocycles. The molecule has 0 saturated heterocycles. The van der Waals surface area contributed by atoms with Crippen molar-refractivity contribution >= 4 is 68.1 Å². The lowest BCUT2D eigenvalue weighted by molar-refractivity contribution is 1.26. The van der Waals surface area contributed by atoms with Crippen LogP contribution in [0.4, 0.5) is 11.4 Å². The number of hydrazone groups is 2. The van der Waals surface area contributed by atoms with Crippen LogP contribution in [-0.4, -0.2) is 23.2 Å². The lowest BCUT2D eigenvalue weighted by Gasteiger charge is -2.11. The lowest BCUT2D eigenvalue weighted by atomic mass is 10.0. The summed E-state index contributed by atoms with van der Waals surface area (Å²) in [5.74, 6) is 1.80. The molecule has 2 N–H and O–H groups in total. The van der Waals surface area contributed by atoms with Gasteiger partial charge in [0.05, 0.1) is 11.4 Å². The summed E-state index contributed by atoms with van der Waals surface area (Å²) in [5.41, 5.74) is 9.04. The quantitative estimate of drug-likeness (QED) is 0.0364. The van der Waals surface area contributed by atoms with Gasteiger partial charge in [0.25, 0.3) is 0 Å². The maximum Gasteiger partial charge on any atom is 0.223 e. The first-order valence-corrected chi connectivity index (χ1v) is 16.5. The van der Waals surface area contributed by atoms with Crippen LogP contribution in [0.3, 0.4) is 0 Å². The molecule has 6 rings (SSSR count). The topological polar surface area (TPSA) is 108 Å². The highest BCUT2D eigenvalue weighted by molar-refractivity contribution is 8.03. The number of benzene rings is 6. The fourth-order valence-corrected chi connectivity index (χ4v) is 6.99. The number of nitroso groups, excluding NO2 is 2. The molecule has 0 fully saturated rings. The number of para-hydroxylation sites is 2. The van der Waals surface area contributed by atoms with Gasteiger partial charge in [-0.1, -0.05) is 109 Å². The van der Waals surface area contributed by atoms with E-state index >= 15 is 0 Å². The molecule has 46 heavy (non-hydrogen) atoms. The van der Waals surface area contributed by atoms with Crippen molar-refractivity contribution in [1.82, 2.24) is 0 Å². The smallest absolute Gasteiger partial charge is 0.223 e. The molecule has 0 saturated carbocycles. The molecule has 8 nitrogen and oxygen atoms in total. The Balaban J connectivity index is 1.10. The van der Waals surface area contributed by atoms with E-state index in [4.69, 9.17) is 0 Å². The molecule has 0 bridgehead atoms. The number of fused-ring (bicyclic) bond motifs is 2. The van der Waals surface area contributed by atoms with Gasteiger partial charge in [-0.3, -0.25) is 10.9 Å². The van der Waals surface area contributed by atoms with Crippen LogP contribution in [0.5, 0.6) is 0 Å². The zero-order chi connectivity index (χ0) is 31.6. The van der Waals surface area contributed by atoms with Crippen LogP contribution >= 0.6 is 23.5 Å². The third-order valence-electron chi connectivity index (χ3n) is 7.17. The molecule has 0 radical (unpaired) electrons. The maximum absolute atomic E-state index is 11.8. The standard InChI is InChI=1S/C36H28N6O2S2/c43-41-35(29-17-9-13-25-11-1-3-15-27(25)29)39-37-31-19-5-7-21-33(31)45-23-24-46-34-22-8-6-20-32(34)38-40-36(42-44)30-18-10-14-26-12-2-4-16-28(26)30/h1-22,37-38H,23-24H2/b39-35-,40-36+. The van der Waals surface area contributed by atoms with Crippen molar-refractivity contribution in [2.75, 3.05) is 22.4 Å². The minimum atomic E-state index is 0.0901. The van der Waals surface area contributed by atoms with Crippen LogP contribution in [0.2, 0.25) is 0 Å². The molecular weight excluding hydrogens is 613 g/mol. The molecule has 10 heteroatoms. The third kappa shape index (κ3) is 7.14. The molecule has 0 aliphatic rings. The van der Waals surface area contributed by atoms with Crippen molar-refractivity contribution in [3.05, 3.63) is 154 Å². The van der Waals surface area contributed by atoms with Crippen molar-refractivity contribution in [3.8, 4) is 0 Å². The first-order chi connectivity index (χ1) is 22.7. The average molecular weight is 641 g/mol. The summed E-state index contributed by atoms with van der Waals surface area (Å²) in [6.07, 6.45) is 0. The number of nitrogens with one attached hydrogen (secondary N) is 2. The normalized spacial score (nSPS) is 11.8. The Kier molecular flexibility index (Phi) is 10.1. The highest BCUT2D eigenvalue weighted by Gasteiger charge is 2.12. The van der Waals surface area contributed by atoms with Crippen LogP contribution in [-0.2, 0) is 0 Å². The molecule has 6 aromatic rings. The van der Waals surface area contributed by atoms with Crippen molar-refractivity contribution in [2.45, 2.75) is 9.79 Å². The van der Waals surface area contributed by atoms with Crippen LogP contribution < -0.4 is 10.9 Å². The van der Waals surface area contributed by atoms with E-state index < -0.39 is 0 Å². The van der Waals surface area contributed by atoms with E-state index in [0.717, 1.165) is 54.2 Å². The van der Waals surface area contributed by atoms with E-state index in [1.807, 2.05) is 133 Å². The molecule has 0 aliphatic heterocycles. The summed E-state index contributed by atoms with van der Waals surface area (Å²) in [6, 6.07) is 42.8. The van der Waals surface area contributed by atoms with Gasteiger partial charge < -0.3 is 0 Å². The Morgan fingerprint density at radius 1 is 0.478 bits per heavy atom. The average Bonchev–Trinajstić information content (AvgIpc) is 3.11. The van der Waals surface area contributed by atoms with E-state index in [1.165, 1.54) is 0 Å². The minimum Gasteiger partial charge on any atom is -0.275 e. The van der Waals surface area contributed by atoms with Gasteiger partial charge in [-0.15, -0.1) is 33.3 Å². The van der Waals surface area contributed by atoms with Crippen LogP contribution in [0.1, 0.15) is 11.1 Å². The van der Waals surface area contributed by atoms with Gasteiger partial charge in [-0.25, -0.2) is 0 Å². The summed E-state index contributed by atoms with van der Waals surface area (Å²) in [5, 5.41) is 19.1. The summed E-state index contributed by atoms with van der Waals surface area (Å²) >= 11 is 3.37. The predicted molar refractivity (Wildman–Crippen MR) is 194 cm³/mol. The van der Waals surface area contributed by atoms with Gasteiger partial charge in [-0.05, 0) is 56.2 Å². The van der Waals surface area contributed by atoms with E-state index in [-0.39, 0.29) is 11.7 Å². The fraction of sp³-hybridized carbons (Fsp3) is 0.0556. The molecule has 0 unspecified atom stereocenters. The predicted octanol–water partition coefficient (Wildman–Crippen LogP) is 9.96.